The highest BCUT2D eigenvalue weighted by molar-refractivity contribution is 5.91. The van der Waals surface area contributed by atoms with Crippen molar-refractivity contribution < 1.29 is 0 Å². The van der Waals surface area contributed by atoms with E-state index in [1.165, 1.54) is 0 Å². The number of rotatable bonds is 2. The van der Waals surface area contributed by atoms with E-state index in [4.69, 9.17) is 0 Å². The second-order valence-electron chi connectivity index (χ2n) is 3.97. The van der Waals surface area contributed by atoms with E-state index in [9.17, 15) is 0 Å². The topological polar surface area (TPSA) is 41.6 Å². The van der Waals surface area contributed by atoms with Crippen molar-refractivity contribution in [1.82, 2.24) is 15.0 Å². The van der Waals surface area contributed by atoms with Gasteiger partial charge in [-0.05, 0) is 30.7 Å². The fourth-order valence-corrected chi connectivity index (χ4v) is 2.01. The lowest BCUT2D eigenvalue weighted by atomic mass is 10.1. The first-order valence-electron chi connectivity index (χ1n) is 5.77. The van der Waals surface area contributed by atoms with Crippen LogP contribution in [0.2, 0.25) is 0 Å². The summed E-state index contributed by atoms with van der Waals surface area (Å²) in [6.45, 7) is 2.12. The third-order valence-corrected chi connectivity index (χ3v) is 2.91. The Bertz CT molecular complexity index is 655. The second-order valence-corrected chi connectivity index (χ2v) is 3.97. The number of fused-ring (bicyclic) bond motifs is 1. The van der Waals surface area contributed by atoms with E-state index in [0.717, 1.165) is 34.4 Å². The molecule has 3 aromatic heterocycles. The van der Waals surface area contributed by atoms with Crippen molar-refractivity contribution in [2.45, 2.75) is 13.3 Å². The lowest BCUT2D eigenvalue weighted by Crippen LogP contribution is -1.90. The molecule has 17 heavy (non-hydrogen) atoms. The number of aromatic nitrogens is 3. The van der Waals surface area contributed by atoms with Crippen LogP contribution in [0.4, 0.5) is 0 Å². The van der Waals surface area contributed by atoms with E-state index in [2.05, 4.69) is 34.0 Å². The van der Waals surface area contributed by atoms with Gasteiger partial charge >= 0.3 is 0 Å². The van der Waals surface area contributed by atoms with E-state index >= 15 is 0 Å². The lowest BCUT2D eigenvalue weighted by Gasteiger charge is -2.04. The van der Waals surface area contributed by atoms with Gasteiger partial charge in [-0.25, -0.2) is 4.98 Å². The van der Waals surface area contributed by atoms with Crippen LogP contribution in [-0.2, 0) is 6.42 Å². The molecule has 3 rings (SSSR count). The van der Waals surface area contributed by atoms with Gasteiger partial charge < -0.3 is 4.98 Å². The molecule has 0 amide bonds. The number of hydrogen-bond acceptors (Lipinski definition) is 2. The summed E-state index contributed by atoms with van der Waals surface area (Å²) >= 11 is 0. The third kappa shape index (κ3) is 1.69. The van der Waals surface area contributed by atoms with Crippen LogP contribution in [0, 0.1) is 0 Å². The molecule has 0 unspecified atom stereocenters. The maximum Gasteiger partial charge on any atom is 0.137 e. The Morgan fingerprint density at radius 1 is 1.18 bits per heavy atom. The molecular formula is C14H13N3. The molecule has 0 aromatic carbocycles. The van der Waals surface area contributed by atoms with Gasteiger partial charge in [-0.1, -0.05) is 13.0 Å². The molecule has 0 aliphatic heterocycles. The monoisotopic (exact) mass is 223 g/mol. The average Bonchev–Trinajstić information content (AvgIpc) is 2.87. The van der Waals surface area contributed by atoms with Crippen LogP contribution in [0.5, 0.6) is 0 Å². The molecule has 0 saturated heterocycles. The Morgan fingerprint density at radius 3 is 3.00 bits per heavy atom. The zero-order valence-electron chi connectivity index (χ0n) is 9.64. The van der Waals surface area contributed by atoms with Gasteiger partial charge in [0.1, 0.15) is 5.65 Å². The van der Waals surface area contributed by atoms with Gasteiger partial charge in [0.2, 0.25) is 0 Å². The van der Waals surface area contributed by atoms with Crippen molar-refractivity contribution in [2.75, 3.05) is 0 Å². The zero-order chi connectivity index (χ0) is 11.7. The summed E-state index contributed by atoms with van der Waals surface area (Å²) in [6, 6.07) is 10.2. The first-order chi connectivity index (χ1) is 8.38. The summed E-state index contributed by atoms with van der Waals surface area (Å²) in [5.74, 6) is 0. The standard InChI is InChI=1S/C14H13N3/c1-2-10-4-3-5-13(17-10)11-6-8-15-14-12(11)7-9-16-14/h3-9H,2H2,1H3,(H,15,16). The summed E-state index contributed by atoms with van der Waals surface area (Å²) < 4.78 is 0. The molecule has 3 heteroatoms. The normalized spacial score (nSPS) is 10.9. The summed E-state index contributed by atoms with van der Waals surface area (Å²) in [5, 5.41) is 1.12. The summed E-state index contributed by atoms with van der Waals surface area (Å²) in [6.07, 6.45) is 4.68. The number of nitrogens with one attached hydrogen (secondary N) is 1. The van der Waals surface area contributed by atoms with Crippen LogP contribution in [0.25, 0.3) is 22.3 Å². The van der Waals surface area contributed by atoms with Gasteiger partial charge in [-0.15, -0.1) is 0 Å². The molecular weight excluding hydrogens is 210 g/mol. The Kier molecular flexibility index (Phi) is 2.37. The molecule has 1 N–H and O–H groups in total. The van der Waals surface area contributed by atoms with Gasteiger partial charge in [-0.2, -0.15) is 0 Å². The van der Waals surface area contributed by atoms with Crippen molar-refractivity contribution in [1.29, 1.82) is 0 Å². The maximum atomic E-state index is 4.65. The Morgan fingerprint density at radius 2 is 2.12 bits per heavy atom. The number of aryl methyl sites for hydroxylation is 1. The van der Waals surface area contributed by atoms with Crippen LogP contribution < -0.4 is 0 Å². The molecule has 3 heterocycles. The smallest absolute Gasteiger partial charge is 0.137 e. The molecule has 0 radical (unpaired) electrons. The van der Waals surface area contributed by atoms with E-state index in [1.54, 1.807) is 0 Å². The predicted octanol–water partition coefficient (Wildman–Crippen LogP) is 3.19. The minimum absolute atomic E-state index is 0.909. The van der Waals surface area contributed by atoms with Gasteiger partial charge in [0.15, 0.2) is 0 Å². The van der Waals surface area contributed by atoms with Crippen LogP contribution >= 0.6 is 0 Å². The molecule has 3 nitrogen and oxygen atoms in total. The average molecular weight is 223 g/mol. The Balaban J connectivity index is 2.23. The molecule has 3 aromatic rings. The van der Waals surface area contributed by atoms with E-state index < -0.39 is 0 Å². The Hall–Kier alpha value is -2.16. The minimum Gasteiger partial charge on any atom is -0.346 e. The van der Waals surface area contributed by atoms with Crippen LogP contribution in [0.3, 0.4) is 0 Å². The fraction of sp³-hybridized carbons (Fsp3) is 0.143. The number of aromatic amines is 1. The van der Waals surface area contributed by atoms with Crippen LogP contribution in [0.15, 0.2) is 42.7 Å². The zero-order valence-corrected chi connectivity index (χ0v) is 9.64. The molecule has 84 valence electrons. The maximum absolute atomic E-state index is 4.65. The first-order valence-corrected chi connectivity index (χ1v) is 5.77. The summed E-state index contributed by atoms with van der Waals surface area (Å²) in [7, 11) is 0. The number of nitrogens with zero attached hydrogens (tertiary/aromatic N) is 2. The van der Waals surface area contributed by atoms with Gasteiger partial charge in [0.25, 0.3) is 0 Å². The van der Waals surface area contributed by atoms with Gasteiger partial charge in [-0.3, -0.25) is 4.98 Å². The highest BCUT2D eigenvalue weighted by atomic mass is 14.8. The van der Waals surface area contributed by atoms with Crippen molar-refractivity contribution in [2.24, 2.45) is 0 Å². The van der Waals surface area contributed by atoms with Crippen LogP contribution in [0.1, 0.15) is 12.6 Å². The Labute approximate surface area is 99.5 Å². The van der Waals surface area contributed by atoms with E-state index in [1.807, 2.05) is 30.6 Å². The van der Waals surface area contributed by atoms with Crippen molar-refractivity contribution in [3.63, 3.8) is 0 Å². The highest BCUT2D eigenvalue weighted by Gasteiger charge is 2.06. The summed E-state index contributed by atoms with van der Waals surface area (Å²) in [4.78, 5) is 12.1. The SMILES string of the molecule is CCc1cccc(-c2ccnc3[nH]ccc23)n1. The number of pyridine rings is 2. The molecule has 0 atom stereocenters. The van der Waals surface area contributed by atoms with E-state index in [-0.39, 0.29) is 0 Å². The van der Waals surface area contributed by atoms with Crippen molar-refractivity contribution in [3.05, 3.63) is 48.4 Å². The second kappa shape index (κ2) is 4.01. The van der Waals surface area contributed by atoms with Gasteiger partial charge in [0.05, 0.1) is 5.69 Å². The molecule has 0 aliphatic carbocycles. The van der Waals surface area contributed by atoms with Crippen molar-refractivity contribution in [3.8, 4) is 11.3 Å². The first kappa shape index (κ1) is 10.0. The highest BCUT2D eigenvalue weighted by Crippen LogP contribution is 2.25. The number of H-pyrrole nitrogens is 1. The summed E-state index contributed by atoms with van der Waals surface area (Å²) in [5.41, 5.74) is 4.16. The molecule has 0 bridgehead atoms. The number of hydrogen-bond donors (Lipinski definition) is 1. The molecule has 0 saturated carbocycles. The molecule has 0 fully saturated rings. The third-order valence-electron chi connectivity index (χ3n) is 2.91. The quantitative estimate of drug-likeness (QED) is 0.725. The van der Waals surface area contributed by atoms with Gasteiger partial charge in [0, 0.05) is 29.0 Å². The van der Waals surface area contributed by atoms with Crippen LogP contribution in [-0.4, -0.2) is 15.0 Å². The molecule has 0 spiro atoms. The molecule has 0 aliphatic rings. The predicted molar refractivity (Wildman–Crippen MR) is 68.7 cm³/mol. The van der Waals surface area contributed by atoms with Crippen molar-refractivity contribution >= 4 is 11.0 Å². The fourth-order valence-electron chi connectivity index (χ4n) is 2.01. The van der Waals surface area contributed by atoms with E-state index in [0.29, 0.717) is 0 Å². The largest absolute Gasteiger partial charge is 0.346 e. The lowest BCUT2D eigenvalue weighted by molar-refractivity contribution is 1.04. The minimum atomic E-state index is 0.909.